The number of hydrogen-bond donors (Lipinski definition) is 2. The third-order valence-corrected chi connectivity index (χ3v) is 4.94. The number of carbonyl (C=O) groups excluding carboxylic acids is 2. The number of rotatable bonds is 6. The Kier molecular flexibility index (Phi) is 5.14. The van der Waals surface area contributed by atoms with Crippen molar-refractivity contribution in [2.45, 2.75) is 19.5 Å². The van der Waals surface area contributed by atoms with Gasteiger partial charge in [0.2, 0.25) is 11.8 Å². The largest absolute Gasteiger partial charge is 0.352 e. The van der Waals surface area contributed by atoms with Crippen LogP contribution in [0.25, 0.3) is 11.3 Å². The van der Waals surface area contributed by atoms with Crippen LogP contribution in [0.3, 0.4) is 0 Å². The molecule has 2 amide bonds. The van der Waals surface area contributed by atoms with Crippen LogP contribution in [0.4, 0.5) is 0 Å². The molecule has 1 aliphatic rings. The van der Waals surface area contributed by atoms with Gasteiger partial charge in [-0.25, -0.2) is 0 Å². The van der Waals surface area contributed by atoms with Crippen molar-refractivity contribution in [3.8, 4) is 11.3 Å². The lowest BCUT2D eigenvalue weighted by atomic mass is 10.1. The van der Waals surface area contributed by atoms with E-state index >= 15 is 0 Å². The first-order valence-electron chi connectivity index (χ1n) is 9.23. The SMILES string of the molecule is O=C(NCc1cn[nH]c1-c1ccccc1)[C@H]1CC(=O)N(Cc2ccncc2)C1. The van der Waals surface area contributed by atoms with E-state index in [-0.39, 0.29) is 24.2 Å². The minimum Gasteiger partial charge on any atom is -0.352 e. The Balaban J connectivity index is 1.35. The predicted octanol–water partition coefficient (Wildman–Crippen LogP) is 2.14. The maximum absolute atomic E-state index is 12.6. The number of pyridine rings is 1. The summed E-state index contributed by atoms with van der Waals surface area (Å²) in [6.07, 6.45) is 5.37. The van der Waals surface area contributed by atoms with Gasteiger partial charge in [0.1, 0.15) is 0 Å². The van der Waals surface area contributed by atoms with Crippen molar-refractivity contribution in [3.63, 3.8) is 0 Å². The number of carbonyl (C=O) groups is 2. The molecule has 1 aliphatic heterocycles. The first-order valence-corrected chi connectivity index (χ1v) is 9.23. The van der Waals surface area contributed by atoms with Gasteiger partial charge < -0.3 is 10.2 Å². The maximum atomic E-state index is 12.6. The van der Waals surface area contributed by atoms with Gasteiger partial charge in [-0.1, -0.05) is 30.3 Å². The Morgan fingerprint density at radius 2 is 1.96 bits per heavy atom. The standard InChI is InChI=1S/C21H21N5O2/c27-19-10-17(14-26(19)13-15-6-8-22-9-7-15)21(28)23-11-18-12-24-25-20(18)16-4-2-1-3-5-16/h1-9,12,17H,10-11,13-14H2,(H,23,28)(H,24,25)/t17-/m0/s1. The summed E-state index contributed by atoms with van der Waals surface area (Å²) in [4.78, 5) is 30.6. The molecule has 1 aromatic carbocycles. The number of nitrogens with zero attached hydrogens (tertiary/aromatic N) is 3. The van der Waals surface area contributed by atoms with Crippen LogP contribution in [-0.4, -0.2) is 38.4 Å². The molecular formula is C21H21N5O2. The molecule has 2 N–H and O–H groups in total. The number of benzene rings is 1. The van der Waals surface area contributed by atoms with Gasteiger partial charge in [0, 0.05) is 44.0 Å². The number of likely N-dealkylation sites (tertiary alicyclic amines) is 1. The zero-order chi connectivity index (χ0) is 19.3. The van der Waals surface area contributed by atoms with Gasteiger partial charge in [-0.15, -0.1) is 0 Å². The fourth-order valence-corrected chi connectivity index (χ4v) is 3.44. The molecule has 0 saturated carbocycles. The number of nitrogens with one attached hydrogen (secondary N) is 2. The van der Waals surface area contributed by atoms with Crippen molar-refractivity contribution >= 4 is 11.8 Å². The van der Waals surface area contributed by atoms with E-state index in [1.54, 1.807) is 23.5 Å². The maximum Gasteiger partial charge on any atom is 0.225 e. The van der Waals surface area contributed by atoms with E-state index in [4.69, 9.17) is 0 Å². The van der Waals surface area contributed by atoms with Gasteiger partial charge in [-0.05, 0) is 23.3 Å². The second-order valence-electron chi connectivity index (χ2n) is 6.88. The summed E-state index contributed by atoms with van der Waals surface area (Å²) in [6, 6.07) is 13.6. The minimum atomic E-state index is -0.332. The molecule has 28 heavy (non-hydrogen) atoms. The summed E-state index contributed by atoms with van der Waals surface area (Å²) in [5.74, 6) is -0.433. The zero-order valence-electron chi connectivity index (χ0n) is 15.3. The number of aromatic nitrogens is 3. The van der Waals surface area contributed by atoms with E-state index in [9.17, 15) is 9.59 Å². The van der Waals surface area contributed by atoms with Crippen LogP contribution < -0.4 is 5.32 Å². The van der Waals surface area contributed by atoms with E-state index in [2.05, 4.69) is 20.5 Å². The number of H-pyrrole nitrogens is 1. The van der Waals surface area contributed by atoms with Crippen LogP contribution in [-0.2, 0) is 22.7 Å². The van der Waals surface area contributed by atoms with Crippen molar-refractivity contribution in [2.75, 3.05) is 6.54 Å². The smallest absolute Gasteiger partial charge is 0.225 e. The summed E-state index contributed by atoms with van der Waals surface area (Å²) in [5, 5.41) is 10.0. The summed E-state index contributed by atoms with van der Waals surface area (Å²) >= 11 is 0. The zero-order valence-corrected chi connectivity index (χ0v) is 15.3. The highest BCUT2D eigenvalue weighted by molar-refractivity contribution is 5.89. The molecule has 142 valence electrons. The monoisotopic (exact) mass is 375 g/mol. The summed E-state index contributed by atoms with van der Waals surface area (Å²) in [7, 11) is 0. The predicted molar refractivity (Wildman–Crippen MR) is 104 cm³/mol. The average molecular weight is 375 g/mol. The molecule has 0 radical (unpaired) electrons. The lowest BCUT2D eigenvalue weighted by Gasteiger charge is -2.16. The molecule has 3 heterocycles. The van der Waals surface area contributed by atoms with Crippen LogP contribution >= 0.6 is 0 Å². The van der Waals surface area contributed by atoms with E-state index < -0.39 is 0 Å². The average Bonchev–Trinajstić information content (AvgIpc) is 3.34. The lowest BCUT2D eigenvalue weighted by molar-refractivity contribution is -0.129. The fourth-order valence-electron chi connectivity index (χ4n) is 3.44. The summed E-state index contributed by atoms with van der Waals surface area (Å²) < 4.78 is 0. The van der Waals surface area contributed by atoms with Crippen LogP contribution in [0, 0.1) is 5.92 Å². The van der Waals surface area contributed by atoms with E-state index in [1.165, 1.54) is 0 Å². The van der Waals surface area contributed by atoms with E-state index in [0.29, 0.717) is 19.6 Å². The van der Waals surface area contributed by atoms with Crippen LogP contribution in [0.15, 0.2) is 61.1 Å². The van der Waals surface area contributed by atoms with Gasteiger partial charge in [-0.2, -0.15) is 5.10 Å². The molecule has 1 fully saturated rings. The quantitative estimate of drug-likeness (QED) is 0.691. The van der Waals surface area contributed by atoms with Gasteiger partial charge in [0.25, 0.3) is 0 Å². The molecule has 0 unspecified atom stereocenters. The minimum absolute atomic E-state index is 0.00486. The molecule has 3 aromatic rings. The molecule has 1 saturated heterocycles. The molecule has 0 bridgehead atoms. The molecule has 7 nitrogen and oxygen atoms in total. The van der Waals surface area contributed by atoms with Gasteiger partial charge >= 0.3 is 0 Å². The topological polar surface area (TPSA) is 91.0 Å². The third kappa shape index (κ3) is 3.93. The third-order valence-electron chi connectivity index (χ3n) is 4.94. The van der Waals surface area contributed by atoms with Crippen LogP contribution in [0.2, 0.25) is 0 Å². The Hall–Kier alpha value is -3.48. The van der Waals surface area contributed by atoms with Crippen molar-refractivity contribution < 1.29 is 9.59 Å². The Morgan fingerprint density at radius 1 is 1.18 bits per heavy atom. The van der Waals surface area contributed by atoms with Crippen molar-refractivity contribution in [1.82, 2.24) is 25.4 Å². The molecule has 0 spiro atoms. The van der Waals surface area contributed by atoms with Crippen LogP contribution in [0.1, 0.15) is 17.5 Å². The van der Waals surface area contributed by atoms with Crippen molar-refractivity contribution in [1.29, 1.82) is 0 Å². The van der Waals surface area contributed by atoms with E-state index in [1.807, 2.05) is 42.5 Å². The van der Waals surface area contributed by atoms with Gasteiger partial charge in [0.15, 0.2) is 0 Å². The first-order chi connectivity index (χ1) is 13.7. The normalized spacial score (nSPS) is 16.4. The second kappa shape index (κ2) is 8.04. The highest BCUT2D eigenvalue weighted by Gasteiger charge is 2.34. The Morgan fingerprint density at radius 3 is 2.75 bits per heavy atom. The molecule has 1 atom stereocenters. The molecule has 0 aliphatic carbocycles. The summed E-state index contributed by atoms with van der Waals surface area (Å²) in [6.45, 7) is 1.31. The van der Waals surface area contributed by atoms with Crippen LogP contribution in [0.5, 0.6) is 0 Å². The number of aromatic amines is 1. The number of amides is 2. The van der Waals surface area contributed by atoms with Gasteiger partial charge in [-0.3, -0.25) is 19.7 Å². The van der Waals surface area contributed by atoms with Gasteiger partial charge in [0.05, 0.1) is 17.8 Å². The molecule has 4 rings (SSSR count). The van der Waals surface area contributed by atoms with Crippen molar-refractivity contribution in [2.24, 2.45) is 5.92 Å². The fraction of sp³-hybridized carbons (Fsp3) is 0.238. The molecule has 7 heteroatoms. The number of hydrogen-bond acceptors (Lipinski definition) is 4. The summed E-state index contributed by atoms with van der Waals surface area (Å²) in [5.41, 5.74) is 3.83. The second-order valence-corrected chi connectivity index (χ2v) is 6.88. The Labute approximate surface area is 162 Å². The first kappa shape index (κ1) is 17.9. The molecule has 2 aromatic heterocycles. The lowest BCUT2D eigenvalue weighted by Crippen LogP contribution is -2.32. The highest BCUT2D eigenvalue weighted by Crippen LogP contribution is 2.22. The Bertz CT molecular complexity index is 955. The van der Waals surface area contributed by atoms with E-state index in [0.717, 1.165) is 22.4 Å². The molecular weight excluding hydrogens is 354 g/mol. The van der Waals surface area contributed by atoms with Crippen molar-refractivity contribution in [3.05, 3.63) is 72.2 Å². The highest BCUT2D eigenvalue weighted by atomic mass is 16.2.